The third-order valence-electron chi connectivity index (χ3n) is 2.75. The lowest BCUT2D eigenvalue weighted by Gasteiger charge is -2.29. The highest BCUT2D eigenvalue weighted by Gasteiger charge is 2.26. The Kier molecular flexibility index (Phi) is 3.16. The van der Waals surface area contributed by atoms with Gasteiger partial charge in [0, 0.05) is 6.04 Å². The first-order valence-electron chi connectivity index (χ1n) is 5.27. The van der Waals surface area contributed by atoms with Gasteiger partial charge in [0.2, 0.25) is 0 Å². The van der Waals surface area contributed by atoms with Crippen molar-refractivity contribution >= 4 is 0 Å². The number of hydrogen-bond donors (Lipinski definition) is 0. The van der Waals surface area contributed by atoms with Crippen LogP contribution in [0.5, 0.6) is 0 Å². The van der Waals surface area contributed by atoms with Crippen molar-refractivity contribution in [1.29, 1.82) is 0 Å². The molecule has 1 fully saturated rings. The van der Waals surface area contributed by atoms with Crippen LogP contribution in [0, 0.1) is 5.41 Å². The van der Waals surface area contributed by atoms with Crippen molar-refractivity contribution in [2.75, 3.05) is 13.1 Å². The zero-order chi connectivity index (χ0) is 9.19. The summed E-state index contributed by atoms with van der Waals surface area (Å²) < 4.78 is 0. The van der Waals surface area contributed by atoms with Crippen molar-refractivity contribution in [1.82, 2.24) is 4.90 Å². The third kappa shape index (κ3) is 2.78. The van der Waals surface area contributed by atoms with Gasteiger partial charge in [-0.05, 0) is 37.8 Å². The van der Waals surface area contributed by atoms with Gasteiger partial charge in [-0.15, -0.1) is 0 Å². The van der Waals surface area contributed by atoms with Crippen molar-refractivity contribution in [3.63, 3.8) is 0 Å². The van der Waals surface area contributed by atoms with Gasteiger partial charge < -0.3 is 4.90 Å². The van der Waals surface area contributed by atoms with E-state index in [2.05, 4.69) is 32.6 Å². The van der Waals surface area contributed by atoms with Gasteiger partial charge in [0.15, 0.2) is 0 Å². The van der Waals surface area contributed by atoms with Crippen LogP contribution in [0.2, 0.25) is 0 Å². The summed E-state index contributed by atoms with van der Waals surface area (Å²) in [6, 6.07) is 0.870. The lowest BCUT2D eigenvalue weighted by Crippen LogP contribution is -2.32. The second-order valence-electron chi connectivity index (χ2n) is 5.19. The summed E-state index contributed by atoms with van der Waals surface area (Å²) in [4.78, 5) is 2.63. The van der Waals surface area contributed by atoms with E-state index in [1.165, 1.54) is 32.4 Å². The van der Waals surface area contributed by atoms with Gasteiger partial charge in [0.05, 0.1) is 0 Å². The molecular weight excluding hydrogens is 146 g/mol. The minimum Gasteiger partial charge on any atom is -0.301 e. The highest BCUT2D eigenvalue weighted by Crippen LogP contribution is 2.29. The molecule has 1 saturated heterocycles. The molecule has 1 unspecified atom stereocenters. The van der Waals surface area contributed by atoms with E-state index in [-0.39, 0.29) is 0 Å². The fourth-order valence-electron chi connectivity index (χ4n) is 2.25. The SMILES string of the molecule is CCN1CCCC1CC(C)(C)C. The first kappa shape index (κ1) is 10.0. The molecule has 0 radical (unpaired) electrons. The number of hydrogen-bond acceptors (Lipinski definition) is 1. The Labute approximate surface area is 77.1 Å². The van der Waals surface area contributed by atoms with Gasteiger partial charge in [-0.3, -0.25) is 0 Å². The summed E-state index contributed by atoms with van der Waals surface area (Å²) in [5.74, 6) is 0. The fourth-order valence-corrected chi connectivity index (χ4v) is 2.25. The average Bonchev–Trinajstić information content (AvgIpc) is 2.31. The minimum absolute atomic E-state index is 0.502. The molecule has 1 aliphatic rings. The molecular formula is C11H23N. The predicted molar refractivity (Wildman–Crippen MR) is 54.3 cm³/mol. The van der Waals surface area contributed by atoms with Crippen LogP contribution in [-0.4, -0.2) is 24.0 Å². The molecule has 0 aliphatic carbocycles. The van der Waals surface area contributed by atoms with Crippen molar-refractivity contribution in [3.8, 4) is 0 Å². The Morgan fingerprint density at radius 1 is 1.33 bits per heavy atom. The summed E-state index contributed by atoms with van der Waals surface area (Å²) in [7, 11) is 0. The molecule has 1 rings (SSSR count). The van der Waals surface area contributed by atoms with E-state index < -0.39 is 0 Å². The van der Waals surface area contributed by atoms with E-state index in [1.54, 1.807) is 0 Å². The van der Waals surface area contributed by atoms with Gasteiger partial charge in [0.25, 0.3) is 0 Å². The molecule has 0 N–H and O–H groups in total. The van der Waals surface area contributed by atoms with Crippen LogP contribution in [-0.2, 0) is 0 Å². The summed E-state index contributed by atoms with van der Waals surface area (Å²) in [6.07, 6.45) is 4.19. The normalized spacial score (nSPS) is 26.5. The van der Waals surface area contributed by atoms with Gasteiger partial charge in [-0.25, -0.2) is 0 Å². The molecule has 0 aromatic heterocycles. The molecule has 0 aromatic rings. The van der Waals surface area contributed by atoms with E-state index in [9.17, 15) is 0 Å². The van der Waals surface area contributed by atoms with Crippen LogP contribution >= 0.6 is 0 Å². The van der Waals surface area contributed by atoms with E-state index in [0.29, 0.717) is 5.41 Å². The molecule has 1 heterocycles. The number of likely N-dealkylation sites (tertiary alicyclic amines) is 1. The average molecular weight is 169 g/mol. The van der Waals surface area contributed by atoms with Gasteiger partial charge >= 0.3 is 0 Å². The Bertz CT molecular complexity index is 134. The van der Waals surface area contributed by atoms with Crippen molar-refractivity contribution in [2.45, 2.75) is 53.0 Å². The first-order valence-corrected chi connectivity index (χ1v) is 5.27. The number of rotatable bonds is 2. The molecule has 72 valence electrons. The molecule has 1 aliphatic heterocycles. The Balaban J connectivity index is 2.41. The van der Waals surface area contributed by atoms with Crippen molar-refractivity contribution < 1.29 is 0 Å². The molecule has 0 amide bonds. The van der Waals surface area contributed by atoms with Crippen molar-refractivity contribution in [2.24, 2.45) is 5.41 Å². The maximum Gasteiger partial charge on any atom is 0.0101 e. The highest BCUT2D eigenvalue weighted by atomic mass is 15.2. The van der Waals surface area contributed by atoms with Gasteiger partial charge in [0.1, 0.15) is 0 Å². The van der Waals surface area contributed by atoms with E-state index in [4.69, 9.17) is 0 Å². The Morgan fingerprint density at radius 2 is 2.00 bits per heavy atom. The molecule has 1 atom stereocenters. The van der Waals surface area contributed by atoms with Crippen LogP contribution in [0.25, 0.3) is 0 Å². The van der Waals surface area contributed by atoms with Gasteiger partial charge in [-0.1, -0.05) is 27.7 Å². The maximum absolute atomic E-state index is 2.63. The third-order valence-corrected chi connectivity index (χ3v) is 2.75. The number of nitrogens with zero attached hydrogens (tertiary/aromatic N) is 1. The summed E-state index contributed by atoms with van der Waals surface area (Å²) in [5.41, 5.74) is 0.502. The molecule has 0 bridgehead atoms. The first-order chi connectivity index (χ1) is 5.53. The zero-order valence-corrected chi connectivity index (χ0v) is 9.06. The van der Waals surface area contributed by atoms with E-state index in [0.717, 1.165) is 6.04 Å². The summed E-state index contributed by atoms with van der Waals surface area (Å²) >= 11 is 0. The molecule has 0 aromatic carbocycles. The van der Waals surface area contributed by atoms with Crippen molar-refractivity contribution in [3.05, 3.63) is 0 Å². The predicted octanol–water partition coefficient (Wildman–Crippen LogP) is 2.91. The molecule has 0 saturated carbocycles. The summed E-state index contributed by atoms with van der Waals surface area (Å²) in [5, 5.41) is 0. The van der Waals surface area contributed by atoms with Crippen LogP contribution in [0.1, 0.15) is 47.0 Å². The zero-order valence-electron chi connectivity index (χ0n) is 9.06. The largest absolute Gasteiger partial charge is 0.301 e. The van der Waals surface area contributed by atoms with E-state index in [1.807, 2.05) is 0 Å². The Hall–Kier alpha value is -0.0400. The molecule has 0 spiro atoms. The van der Waals surface area contributed by atoms with Gasteiger partial charge in [-0.2, -0.15) is 0 Å². The topological polar surface area (TPSA) is 3.24 Å². The fraction of sp³-hybridized carbons (Fsp3) is 1.00. The van der Waals surface area contributed by atoms with Crippen LogP contribution in [0.15, 0.2) is 0 Å². The standard InChI is InChI=1S/C11H23N/c1-5-12-8-6-7-10(12)9-11(2,3)4/h10H,5-9H2,1-4H3. The lowest BCUT2D eigenvalue weighted by atomic mass is 9.87. The van der Waals surface area contributed by atoms with Crippen LogP contribution < -0.4 is 0 Å². The minimum atomic E-state index is 0.502. The molecule has 1 nitrogen and oxygen atoms in total. The van der Waals surface area contributed by atoms with E-state index >= 15 is 0 Å². The monoisotopic (exact) mass is 169 g/mol. The second kappa shape index (κ2) is 3.78. The maximum atomic E-state index is 2.63. The quantitative estimate of drug-likeness (QED) is 0.614. The van der Waals surface area contributed by atoms with Crippen LogP contribution in [0.4, 0.5) is 0 Å². The molecule has 12 heavy (non-hydrogen) atoms. The Morgan fingerprint density at radius 3 is 2.50 bits per heavy atom. The lowest BCUT2D eigenvalue weighted by molar-refractivity contribution is 0.199. The highest BCUT2D eigenvalue weighted by molar-refractivity contribution is 4.82. The molecule has 1 heteroatoms. The van der Waals surface area contributed by atoms with Crippen LogP contribution in [0.3, 0.4) is 0 Å². The second-order valence-corrected chi connectivity index (χ2v) is 5.19. The summed E-state index contributed by atoms with van der Waals surface area (Å²) in [6.45, 7) is 11.9. The smallest absolute Gasteiger partial charge is 0.0101 e.